The number of anilines is 1. The third-order valence-corrected chi connectivity index (χ3v) is 4.76. The zero-order chi connectivity index (χ0) is 18.9. The minimum Gasteiger partial charge on any atom is -0.350 e. The van der Waals surface area contributed by atoms with Gasteiger partial charge in [0.2, 0.25) is 0 Å². The van der Waals surface area contributed by atoms with Gasteiger partial charge in [0.05, 0.1) is 10.5 Å². The summed E-state index contributed by atoms with van der Waals surface area (Å²) in [6.07, 6.45) is 8.71. The van der Waals surface area contributed by atoms with Crippen molar-refractivity contribution < 1.29 is 0 Å². The van der Waals surface area contributed by atoms with Crippen LogP contribution in [0.3, 0.4) is 0 Å². The normalized spacial score (nSPS) is 11.7. The highest BCUT2D eigenvalue weighted by Gasteiger charge is 2.09. The Morgan fingerprint density at radius 1 is 1.04 bits per heavy atom. The Morgan fingerprint density at radius 2 is 1.81 bits per heavy atom. The molecule has 0 bridgehead atoms. The lowest BCUT2D eigenvalue weighted by atomic mass is 10.1. The number of unbranched alkanes of at least 4 members (excludes halogenated alkanes) is 3. The fourth-order valence-corrected chi connectivity index (χ4v) is 3.25. The molecule has 2 aromatic carbocycles. The molecule has 140 valence electrons. The number of nitrogens with one attached hydrogen (secondary N) is 1. The lowest BCUT2D eigenvalue weighted by molar-refractivity contribution is 0.663. The van der Waals surface area contributed by atoms with Crippen LogP contribution in [0.4, 0.5) is 5.69 Å². The van der Waals surface area contributed by atoms with Crippen LogP contribution in [0, 0.1) is 0 Å². The number of hydrogen-bond acceptors (Lipinski definition) is 3. The largest absolute Gasteiger partial charge is 0.350 e. The highest BCUT2D eigenvalue weighted by molar-refractivity contribution is 7.80. The van der Waals surface area contributed by atoms with Gasteiger partial charge in [-0.2, -0.15) is 0 Å². The van der Waals surface area contributed by atoms with Crippen LogP contribution in [0.15, 0.2) is 60.7 Å². The zero-order valence-corrected chi connectivity index (χ0v) is 16.6. The van der Waals surface area contributed by atoms with Crippen LogP contribution < -0.4 is 5.32 Å². The quantitative estimate of drug-likeness (QED) is 0.362. The average Bonchev–Trinajstić information content (AvgIpc) is 3.12. The van der Waals surface area contributed by atoms with E-state index in [0.717, 1.165) is 40.2 Å². The molecule has 0 saturated heterocycles. The maximum atomic E-state index is 5.53. The van der Waals surface area contributed by atoms with Crippen molar-refractivity contribution in [2.24, 2.45) is 0 Å². The molecule has 0 saturated carbocycles. The Labute approximate surface area is 166 Å². The van der Waals surface area contributed by atoms with Crippen molar-refractivity contribution >= 4 is 39.6 Å². The molecule has 0 fully saturated rings. The first kappa shape index (κ1) is 19.2. The van der Waals surface area contributed by atoms with Gasteiger partial charge < -0.3 is 5.32 Å². The number of fused-ring (bicyclic) bond motifs is 1. The van der Waals surface area contributed by atoms with E-state index >= 15 is 0 Å². The maximum Gasteiger partial charge on any atom is 0.113 e. The van der Waals surface area contributed by atoms with E-state index in [4.69, 9.17) is 12.2 Å². The van der Waals surface area contributed by atoms with Gasteiger partial charge in [0.15, 0.2) is 0 Å². The van der Waals surface area contributed by atoms with Crippen LogP contribution in [0.5, 0.6) is 0 Å². The summed E-state index contributed by atoms with van der Waals surface area (Å²) in [7, 11) is 0. The smallest absolute Gasteiger partial charge is 0.113 e. The van der Waals surface area contributed by atoms with Crippen LogP contribution in [0.25, 0.3) is 16.7 Å². The van der Waals surface area contributed by atoms with Crippen molar-refractivity contribution in [3.05, 3.63) is 60.7 Å². The fourth-order valence-electron chi connectivity index (χ4n) is 3.05. The van der Waals surface area contributed by atoms with Crippen molar-refractivity contribution in [3.63, 3.8) is 0 Å². The maximum absolute atomic E-state index is 5.53. The molecule has 3 rings (SSSR count). The standard InChI is InChI=1S/C22H26N4S/c1-2-3-4-8-13-19(26-21-15-10-9-14-20(21)24-25-26)16-17-22(27)23-18-11-6-5-7-12-18/h5-7,9-12,14-16H,2-4,8,13,17H2,1H3,(H,23,27)/b19-16+. The van der Waals surface area contributed by atoms with Gasteiger partial charge in [0, 0.05) is 17.8 Å². The van der Waals surface area contributed by atoms with Crippen molar-refractivity contribution in [1.29, 1.82) is 0 Å². The van der Waals surface area contributed by atoms with Gasteiger partial charge in [-0.3, -0.25) is 0 Å². The third-order valence-electron chi connectivity index (χ3n) is 4.49. The lowest BCUT2D eigenvalue weighted by Gasteiger charge is -2.10. The number of benzene rings is 2. The van der Waals surface area contributed by atoms with E-state index in [-0.39, 0.29) is 0 Å². The van der Waals surface area contributed by atoms with Crippen LogP contribution in [0.2, 0.25) is 0 Å². The van der Waals surface area contributed by atoms with Gasteiger partial charge in [-0.15, -0.1) is 5.10 Å². The first-order chi connectivity index (χ1) is 13.3. The molecule has 5 heteroatoms. The Bertz CT molecular complexity index is 899. The van der Waals surface area contributed by atoms with E-state index in [9.17, 15) is 0 Å². The molecular formula is C22H26N4S. The van der Waals surface area contributed by atoms with E-state index in [1.165, 1.54) is 19.3 Å². The van der Waals surface area contributed by atoms with Gasteiger partial charge in [-0.25, -0.2) is 4.68 Å². The molecule has 27 heavy (non-hydrogen) atoms. The number of thiocarbonyl (C=S) groups is 1. The molecule has 0 radical (unpaired) electrons. The molecule has 1 N–H and O–H groups in total. The molecule has 0 aliphatic rings. The first-order valence-electron chi connectivity index (χ1n) is 9.62. The summed E-state index contributed by atoms with van der Waals surface area (Å²) >= 11 is 5.53. The van der Waals surface area contributed by atoms with Crippen LogP contribution in [0.1, 0.15) is 45.4 Å². The van der Waals surface area contributed by atoms with Gasteiger partial charge >= 0.3 is 0 Å². The Balaban J connectivity index is 1.74. The molecule has 0 unspecified atom stereocenters. The first-order valence-corrected chi connectivity index (χ1v) is 10.0. The van der Waals surface area contributed by atoms with E-state index in [0.29, 0.717) is 6.42 Å². The van der Waals surface area contributed by atoms with Crippen LogP contribution >= 0.6 is 12.2 Å². The molecule has 0 atom stereocenters. The minimum absolute atomic E-state index is 0.682. The summed E-state index contributed by atoms with van der Waals surface area (Å²) in [4.78, 5) is 0.802. The monoisotopic (exact) mass is 378 g/mol. The van der Waals surface area contributed by atoms with Crippen LogP contribution in [-0.2, 0) is 0 Å². The average molecular weight is 379 g/mol. The van der Waals surface area contributed by atoms with E-state index < -0.39 is 0 Å². The second kappa shape index (κ2) is 9.97. The summed E-state index contributed by atoms with van der Waals surface area (Å²) in [5, 5.41) is 12.0. The van der Waals surface area contributed by atoms with Gasteiger partial charge in [0.1, 0.15) is 5.52 Å². The second-order valence-electron chi connectivity index (χ2n) is 6.61. The Morgan fingerprint density at radius 3 is 2.63 bits per heavy atom. The van der Waals surface area contributed by atoms with E-state index in [2.05, 4.69) is 34.7 Å². The predicted octanol–water partition coefficient (Wildman–Crippen LogP) is 6.07. The number of rotatable bonds is 9. The minimum atomic E-state index is 0.682. The van der Waals surface area contributed by atoms with Crippen molar-refractivity contribution in [2.75, 3.05) is 5.32 Å². The number of allylic oxidation sites excluding steroid dienone is 1. The number of nitrogens with zero attached hydrogens (tertiary/aromatic N) is 3. The molecule has 0 aliphatic heterocycles. The summed E-state index contributed by atoms with van der Waals surface area (Å²) in [6, 6.07) is 18.1. The summed E-state index contributed by atoms with van der Waals surface area (Å²) in [5.74, 6) is 0. The predicted molar refractivity (Wildman–Crippen MR) is 118 cm³/mol. The molecule has 3 aromatic rings. The highest BCUT2D eigenvalue weighted by Crippen LogP contribution is 2.21. The molecule has 0 aliphatic carbocycles. The topological polar surface area (TPSA) is 42.7 Å². The van der Waals surface area contributed by atoms with Gasteiger partial charge in [-0.1, -0.05) is 80.0 Å². The van der Waals surface area contributed by atoms with E-state index in [1.807, 2.05) is 53.2 Å². The third kappa shape index (κ3) is 5.47. The van der Waals surface area contributed by atoms with Crippen molar-refractivity contribution in [3.8, 4) is 0 Å². The SMILES string of the molecule is CCCCCC/C(=C\CC(=S)Nc1ccccc1)n1nnc2ccccc21. The number of hydrogen-bond donors (Lipinski definition) is 1. The molecule has 1 aromatic heterocycles. The second-order valence-corrected chi connectivity index (χ2v) is 7.11. The van der Waals surface area contributed by atoms with Crippen molar-refractivity contribution in [1.82, 2.24) is 15.0 Å². The fraction of sp³-hybridized carbons (Fsp3) is 0.318. The Kier molecular flexibility index (Phi) is 7.11. The number of para-hydroxylation sites is 2. The zero-order valence-electron chi connectivity index (χ0n) is 15.8. The lowest BCUT2D eigenvalue weighted by Crippen LogP contribution is -2.08. The van der Waals surface area contributed by atoms with Crippen LogP contribution in [-0.4, -0.2) is 20.0 Å². The summed E-state index contributed by atoms with van der Waals surface area (Å²) < 4.78 is 1.96. The molecular weight excluding hydrogens is 352 g/mol. The van der Waals surface area contributed by atoms with Gasteiger partial charge in [-0.05, 0) is 37.1 Å². The van der Waals surface area contributed by atoms with E-state index in [1.54, 1.807) is 0 Å². The molecule has 4 nitrogen and oxygen atoms in total. The van der Waals surface area contributed by atoms with Gasteiger partial charge in [0.25, 0.3) is 0 Å². The molecule has 0 spiro atoms. The summed E-state index contributed by atoms with van der Waals surface area (Å²) in [6.45, 7) is 2.23. The summed E-state index contributed by atoms with van der Waals surface area (Å²) in [5.41, 5.74) is 4.15. The molecule has 0 amide bonds. The van der Waals surface area contributed by atoms with Crippen molar-refractivity contribution in [2.45, 2.75) is 45.4 Å². The molecule has 1 heterocycles. The number of aromatic nitrogens is 3. The highest BCUT2D eigenvalue weighted by atomic mass is 32.1. The Hall–Kier alpha value is -2.53.